The lowest BCUT2D eigenvalue weighted by atomic mass is 9.97. The maximum absolute atomic E-state index is 3.38. The van der Waals surface area contributed by atoms with Crippen LogP contribution in [0.4, 0.5) is 0 Å². The van der Waals surface area contributed by atoms with E-state index in [9.17, 15) is 0 Å². The third-order valence-electron chi connectivity index (χ3n) is 2.30. The molecule has 1 unspecified atom stereocenters. The highest BCUT2D eigenvalue weighted by Crippen LogP contribution is 2.22. The Hall–Kier alpha value is -0.820. The molecule has 1 aliphatic heterocycles. The van der Waals surface area contributed by atoms with Crippen molar-refractivity contribution in [2.75, 3.05) is 6.54 Å². The first-order chi connectivity index (χ1) is 7.36. The predicted octanol–water partition coefficient (Wildman–Crippen LogP) is 4.08. The van der Waals surface area contributed by atoms with Crippen molar-refractivity contribution in [3.8, 4) is 0 Å². The summed E-state index contributed by atoms with van der Waals surface area (Å²) in [4.78, 5) is 0. The average Bonchev–Trinajstić information content (AvgIpc) is 2.25. The zero-order chi connectivity index (χ0) is 11.7. The van der Waals surface area contributed by atoms with Gasteiger partial charge in [-0.1, -0.05) is 57.5 Å². The van der Waals surface area contributed by atoms with Gasteiger partial charge in [0.05, 0.1) is 0 Å². The van der Waals surface area contributed by atoms with Crippen LogP contribution >= 0.6 is 0 Å². The predicted molar refractivity (Wildman–Crippen MR) is 69.2 cm³/mol. The fourth-order valence-corrected chi connectivity index (χ4v) is 1.37. The molecule has 86 valence electrons. The molecule has 1 fully saturated rings. The second-order valence-electron chi connectivity index (χ2n) is 3.21. The molecule has 0 amide bonds. The van der Waals surface area contributed by atoms with Gasteiger partial charge in [0.25, 0.3) is 0 Å². The van der Waals surface area contributed by atoms with Gasteiger partial charge in [0.2, 0.25) is 0 Å². The average molecular weight is 207 g/mol. The second kappa shape index (κ2) is 8.49. The maximum atomic E-state index is 3.38. The summed E-state index contributed by atoms with van der Waals surface area (Å²) in [5.41, 5.74) is 2.77. The monoisotopic (exact) mass is 207 g/mol. The summed E-state index contributed by atoms with van der Waals surface area (Å²) in [5.74, 6) is 0. The highest BCUT2D eigenvalue weighted by molar-refractivity contribution is 5.25. The molecule has 1 aromatic carbocycles. The van der Waals surface area contributed by atoms with Gasteiger partial charge < -0.3 is 5.32 Å². The molecule has 0 aliphatic carbocycles. The minimum atomic E-state index is 0.635. The fourth-order valence-electron chi connectivity index (χ4n) is 1.37. The molecule has 1 N–H and O–H groups in total. The minimum Gasteiger partial charge on any atom is -0.310 e. The molecule has 1 saturated heterocycles. The van der Waals surface area contributed by atoms with E-state index >= 15 is 0 Å². The third kappa shape index (κ3) is 4.48. The molecular formula is C14H25N. The smallest absolute Gasteiger partial charge is 0.0332 e. The first-order valence-electron chi connectivity index (χ1n) is 6.16. The lowest BCUT2D eigenvalue weighted by Crippen LogP contribution is -2.34. The summed E-state index contributed by atoms with van der Waals surface area (Å²) in [6, 6.07) is 9.42. The molecule has 1 aromatic rings. The Balaban J connectivity index is 0.000000442. The quantitative estimate of drug-likeness (QED) is 0.731. The number of benzene rings is 1. The zero-order valence-corrected chi connectivity index (χ0v) is 10.8. The summed E-state index contributed by atoms with van der Waals surface area (Å²) in [7, 11) is 0. The molecule has 0 bridgehead atoms. The first kappa shape index (κ1) is 14.2. The number of hydrogen-bond donors (Lipinski definition) is 1. The second-order valence-corrected chi connectivity index (χ2v) is 3.21. The first-order valence-corrected chi connectivity index (χ1v) is 6.16. The molecule has 15 heavy (non-hydrogen) atoms. The van der Waals surface area contributed by atoms with Gasteiger partial charge in [0, 0.05) is 6.04 Å². The summed E-state index contributed by atoms with van der Waals surface area (Å²) >= 11 is 0. The van der Waals surface area contributed by atoms with Crippen LogP contribution in [0, 0.1) is 6.92 Å². The van der Waals surface area contributed by atoms with Crippen molar-refractivity contribution in [1.82, 2.24) is 5.32 Å². The highest BCUT2D eigenvalue weighted by Gasteiger charge is 2.17. The maximum Gasteiger partial charge on any atom is 0.0332 e. The number of nitrogens with one attached hydrogen (secondary N) is 1. The minimum absolute atomic E-state index is 0.635. The molecule has 2 rings (SSSR count). The van der Waals surface area contributed by atoms with Crippen LogP contribution in [0.5, 0.6) is 0 Å². The summed E-state index contributed by atoms with van der Waals surface area (Å²) < 4.78 is 0. The Bertz CT molecular complexity index is 234. The van der Waals surface area contributed by atoms with E-state index in [-0.39, 0.29) is 0 Å². The van der Waals surface area contributed by atoms with Gasteiger partial charge in [-0.3, -0.25) is 0 Å². The normalized spacial score (nSPS) is 17.5. The molecule has 0 spiro atoms. The van der Waals surface area contributed by atoms with Crippen molar-refractivity contribution in [3.05, 3.63) is 35.4 Å². The topological polar surface area (TPSA) is 12.0 Å². The zero-order valence-electron chi connectivity index (χ0n) is 10.8. The molecule has 1 nitrogen and oxygen atoms in total. The molecule has 1 aliphatic rings. The van der Waals surface area contributed by atoms with Crippen LogP contribution in [0.3, 0.4) is 0 Å². The van der Waals surface area contributed by atoms with Gasteiger partial charge in [-0.05, 0) is 25.5 Å². The van der Waals surface area contributed by atoms with Crippen LogP contribution in [-0.2, 0) is 0 Å². The molecule has 0 aromatic heterocycles. The van der Waals surface area contributed by atoms with Gasteiger partial charge in [-0.15, -0.1) is 0 Å². The number of aryl methyl sites for hydroxylation is 1. The van der Waals surface area contributed by atoms with Crippen LogP contribution in [0.25, 0.3) is 0 Å². The largest absolute Gasteiger partial charge is 0.310 e. The van der Waals surface area contributed by atoms with E-state index in [0.29, 0.717) is 6.04 Å². The van der Waals surface area contributed by atoms with Crippen molar-refractivity contribution in [1.29, 1.82) is 0 Å². The molecular weight excluding hydrogens is 182 g/mol. The van der Waals surface area contributed by atoms with E-state index in [1.54, 1.807) is 0 Å². The third-order valence-corrected chi connectivity index (χ3v) is 2.30. The molecule has 1 atom stereocenters. The van der Waals surface area contributed by atoms with Gasteiger partial charge >= 0.3 is 0 Å². The van der Waals surface area contributed by atoms with Gasteiger partial charge in [0.1, 0.15) is 0 Å². The van der Waals surface area contributed by atoms with Gasteiger partial charge in [-0.25, -0.2) is 0 Å². The Morgan fingerprint density at radius 3 is 1.80 bits per heavy atom. The van der Waals surface area contributed by atoms with Crippen LogP contribution < -0.4 is 5.32 Å². The molecule has 0 saturated carbocycles. The SMILES string of the molecule is CC.CC.Cc1ccc(C2CCN2)cc1. The van der Waals surface area contributed by atoms with E-state index in [4.69, 9.17) is 0 Å². The Morgan fingerprint density at radius 2 is 1.47 bits per heavy atom. The van der Waals surface area contributed by atoms with Crippen LogP contribution in [0.2, 0.25) is 0 Å². The van der Waals surface area contributed by atoms with E-state index in [0.717, 1.165) is 0 Å². The van der Waals surface area contributed by atoms with Gasteiger partial charge in [-0.2, -0.15) is 0 Å². The van der Waals surface area contributed by atoms with Crippen LogP contribution in [0.15, 0.2) is 24.3 Å². The van der Waals surface area contributed by atoms with E-state index in [1.807, 2.05) is 27.7 Å². The van der Waals surface area contributed by atoms with E-state index < -0.39 is 0 Å². The Kier molecular flexibility index (Phi) is 8.02. The van der Waals surface area contributed by atoms with E-state index in [2.05, 4.69) is 36.5 Å². The van der Waals surface area contributed by atoms with Crippen LogP contribution in [0.1, 0.15) is 51.3 Å². The summed E-state index contributed by atoms with van der Waals surface area (Å²) in [6.45, 7) is 11.3. The van der Waals surface area contributed by atoms with Crippen molar-refractivity contribution < 1.29 is 0 Å². The Labute approximate surface area is 94.9 Å². The van der Waals surface area contributed by atoms with Gasteiger partial charge in [0.15, 0.2) is 0 Å². The van der Waals surface area contributed by atoms with Crippen LogP contribution in [-0.4, -0.2) is 6.54 Å². The van der Waals surface area contributed by atoms with Crippen molar-refractivity contribution >= 4 is 0 Å². The highest BCUT2D eigenvalue weighted by atomic mass is 15.0. The number of hydrogen-bond acceptors (Lipinski definition) is 1. The summed E-state index contributed by atoms with van der Waals surface area (Å²) in [5, 5.41) is 3.38. The van der Waals surface area contributed by atoms with Crippen molar-refractivity contribution in [2.45, 2.75) is 47.1 Å². The van der Waals surface area contributed by atoms with E-state index in [1.165, 1.54) is 24.1 Å². The lowest BCUT2D eigenvalue weighted by Gasteiger charge is -2.27. The Morgan fingerprint density at radius 1 is 1.00 bits per heavy atom. The summed E-state index contributed by atoms with van der Waals surface area (Å²) in [6.07, 6.45) is 1.29. The standard InChI is InChI=1S/C10H13N.2C2H6/c1-8-2-4-9(5-3-8)10-6-7-11-10;2*1-2/h2-5,10-11H,6-7H2,1H3;2*1-2H3. The molecule has 1 heteroatoms. The van der Waals surface area contributed by atoms with Crippen molar-refractivity contribution in [3.63, 3.8) is 0 Å². The molecule has 0 radical (unpaired) electrons. The fraction of sp³-hybridized carbons (Fsp3) is 0.571. The number of rotatable bonds is 1. The van der Waals surface area contributed by atoms with Crippen molar-refractivity contribution in [2.24, 2.45) is 0 Å². The molecule has 1 heterocycles. The lowest BCUT2D eigenvalue weighted by molar-refractivity contribution is 0.383.